The minimum Gasteiger partial charge on any atom is -0.492 e. The Morgan fingerprint density at radius 1 is 1.50 bits per heavy atom. The molecule has 1 rings (SSSR count). The van der Waals surface area contributed by atoms with E-state index in [4.69, 9.17) is 15.0 Å². The predicted molar refractivity (Wildman–Crippen MR) is 59.4 cm³/mol. The Labute approximate surface area is 94.9 Å². The zero-order valence-electron chi connectivity index (χ0n) is 8.93. The third-order valence-electron chi connectivity index (χ3n) is 1.84. The van der Waals surface area contributed by atoms with Gasteiger partial charge in [-0.2, -0.15) is 0 Å². The van der Waals surface area contributed by atoms with Gasteiger partial charge in [0.15, 0.2) is 0 Å². The molecule has 0 aliphatic heterocycles. The Morgan fingerprint density at radius 3 is 2.75 bits per heavy atom. The Kier molecular flexibility index (Phi) is 4.28. The van der Waals surface area contributed by atoms with Gasteiger partial charge in [-0.05, 0) is 36.2 Å². The number of hydrogen-bond acceptors (Lipinski definition) is 4. The van der Waals surface area contributed by atoms with Crippen molar-refractivity contribution in [2.45, 2.75) is 13.5 Å². The molecule has 0 heterocycles. The number of hydrogen-bond donors (Lipinski definition) is 2. The lowest BCUT2D eigenvalue weighted by atomic mass is 10.1. The molecule has 1 aromatic carbocycles. The standard InChI is InChI=1S/C10H14NO4S/c1-8-4-9(7-12)6-10(5-8)15-2-3-16(11,13)14/h5-6,12H,2-3,7H2,1H3,(H2,11,13,14). The number of aryl methyl sites for hydroxylation is 1. The second kappa shape index (κ2) is 5.29. The molecule has 16 heavy (non-hydrogen) atoms. The summed E-state index contributed by atoms with van der Waals surface area (Å²) in [6.07, 6.45) is 0. The summed E-state index contributed by atoms with van der Waals surface area (Å²) in [6, 6.07) is 6.25. The maximum Gasteiger partial charge on any atom is 0.212 e. The SMILES string of the molecule is Cc1[c]c(CO)cc(OCCS(N)(=O)=O)c1. The van der Waals surface area contributed by atoms with Gasteiger partial charge in [-0.15, -0.1) is 0 Å². The van der Waals surface area contributed by atoms with E-state index in [9.17, 15) is 8.42 Å². The van der Waals surface area contributed by atoms with Crippen LogP contribution in [0.25, 0.3) is 0 Å². The Bertz CT molecular complexity index is 456. The number of benzene rings is 1. The summed E-state index contributed by atoms with van der Waals surface area (Å²) in [5.74, 6) is 0.267. The first kappa shape index (κ1) is 13.0. The second-order valence-corrected chi connectivity index (χ2v) is 5.13. The molecule has 1 radical (unpaired) electrons. The van der Waals surface area contributed by atoms with Crippen molar-refractivity contribution in [1.29, 1.82) is 0 Å². The van der Waals surface area contributed by atoms with E-state index in [1.54, 1.807) is 12.1 Å². The van der Waals surface area contributed by atoms with Gasteiger partial charge in [0.05, 0.1) is 12.4 Å². The van der Waals surface area contributed by atoms with E-state index in [0.29, 0.717) is 11.3 Å². The topological polar surface area (TPSA) is 89.6 Å². The molecule has 0 amide bonds. The highest BCUT2D eigenvalue weighted by Crippen LogP contribution is 2.16. The smallest absolute Gasteiger partial charge is 0.212 e. The summed E-state index contributed by atoms with van der Waals surface area (Å²) in [6.45, 7) is 1.67. The first-order chi connectivity index (χ1) is 7.40. The van der Waals surface area contributed by atoms with E-state index < -0.39 is 10.0 Å². The minimum atomic E-state index is -3.50. The average molecular weight is 244 g/mol. The molecule has 6 heteroatoms. The fourth-order valence-electron chi connectivity index (χ4n) is 1.20. The van der Waals surface area contributed by atoms with Crippen LogP contribution in [0.2, 0.25) is 0 Å². The first-order valence-electron chi connectivity index (χ1n) is 4.67. The summed E-state index contributed by atoms with van der Waals surface area (Å²) in [5.41, 5.74) is 1.42. The fourth-order valence-corrected chi connectivity index (χ4v) is 1.51. The second-order valence-electron chi connectivity index (χ2n) is 3.40. The fraction of sp³-hybridized carbons (Fsp3) is 0.400. The number of ether oxygens (including phenoxy) is 1. The predicted octanol–water partition coefficient (Wildman–Crippen LogP) is -0.0452. The Morgan fingerprint density at radius 2 is 2.19 bits per heavy atom. The lowest BCUT2D eigenvalue weighted by molar-refractivity contribution is 0.279. The van der Waals surface area contributed by atoms with E-state index in [1.165, 1.54) is 0 Å². The van der Waals surface area contributed by atoms with Crippen LogP contribution in [0.1, 0.15) is 11.1 Å². The summed E-state index contributed by atoms with van der Waals surface area (Å²) in [4.78, 5) is 0. The van der Waals surface area contributed by atoms with Crippen molar-refractivity contribution in [3.05, 3.63) is 29.3 Å². The molecule has 0 aliphatic rings. The summed E-state index contributed by atoms with van der Waals surface area (Å²) < 4.78 is 26.5. The van der Waals surface area contributed by atoms with Crippen LogP contribution in [0, 0.1) is 13.0 Å². The molecule has 0 saturated heterocycles. The molecular formula is C10H14NO4S. The maximum absolute atomic E-state index is 10.7. The molecular weight excluding hydrogens is 230 g/mol. The van der Waals surface area contributed by atoms with Crippen molar-refractivity contribution < 1.29 is 18.3 Å². The number of aliphatic hydroxyl groups excluding tert-OH is 1. The number of aliphatic hydroxyl groups is 1. The van der Waals surface area contributed by atoms with Crippen LogP contribution in [0.4, 0.5) is 0 Å². The summed E-state index contributed by atoms with van der Waals surface area (Å²) >= 11 is 0. The van der Waals surface area contributed by atoms with Gasteiger partial charge >= 0.3 is 0 Å². The van der Waals surface area contributed by atoms with E-state index in [0.717, 1.165) is 5.56 Å². The van der Waals surface area contributed by atoms with Crippen LogP contribution in [-0.4, -0.2) is 25.9 Å². The number of nitrogens with two attached hydrogens (primary N) is 1. The molecule has 0 atom stereocenters. The molecule has 0 aliphatic carbocycles. The Balaban J connectivity index is 2.63. The third kappa shape index (κ3) is 4.61. The zero-order valence-corrected chi connectivity index (χ0v) is 9.75. The van der Waals surface area contributed by atoms with E-state index in [1.807, 2.05) is 6.92 Å². The first-order valence-corrected chi connectivity index (χ1v) is 6.39. The van der Waals surface area contributed by atoms with Crippen molar-refractivity contribution in [2.75, 3.05) is 12.4 Å². The number of sulfonamides is 1. The van der Waals surface area contributed by atoms with Crippen LogP contribution in [0.5, 0.6) is 5.75 Å². The molecule has 3 N–H and O–H groups in total. The molecule has 1 aromatic rings. The van der Waals surface area contributed by atoms with Gasteiger partial charge in [-0.25, -0.2) is 13.6 Å². The third-order valence-corrected chi connectivity index (χ3v) is 2.58. The largest absolute Gasteiger partial charge is 0.492 e. The minimum absolute atomic E-state index is 0.00679. The normalized spacial score (nSPS) is 11.4. The average Bonchev–Trinajstić information content (AvgIpc) is 2.14. The van der Waals surface area contributed by atoms with Crippen molar-refractivity contribution in [3.8, 4) is 5.75 Å². The van der Waals surface area contributed by atoms with Crippen LogP contribution in [0.3, 0.4) is 0 Å². The molecule has 0 unspecified atom stereocenters. The van der Waals surface area contributed by atoms with Gasteiger partial charge in [0, 0.05) is 0 Å². The lowest BCUT2D eigenvalue weighted by Crippen LogP contribution is -2.21. The zero-order chi connectivity index (χ0) is 12.2. The number of rotatable bonds is 5. The van der Waals surface area contributed by atoms with Gasteiger partial charge < -0.3 is 9.84 Å². The van der Waals surface area contributed by atoms with Crippen molar-refractivity contribution in [2.24, 2.45) is 5.14 Å². The van der Waals surface area contributed by atoms with Crippen molar-refractivity contribution >= 4 is 10.0 Å². The molecule has 0 bridgehead atoms. The lowest BCUT2D eigenvalue weighted by Gasteiger charge is -2.07. The number of primary sulfonamides is 1. The van der Waals surface area contributed by atoms with E-state index in [2.05, 4.69) is 6.07 Å². The van der Waals surface area contributed by atoms with Gasteiger partial charge in [-0.1, -0.05) is 0 Å². The van der Waals surface area contributed by atoms with Crippen molar-refractivity contribution in [1.82, 2.24) is 0 Å². The highest BCUT2D eigenvalue weighted by atomic mass is 32.2. The molecule has 89 valence electrons. The quantitative estimate of drug-likeness (QED) is 0.760. The van der Waals surface area contributed by atoms with E-state index in [-0.39, 0.29) is 19.0 Å². The molecule has 0 aromatic heterocycles. The van der Waals surface area contributed by atoms with Gasteiger partial charge in [-0.3, -0.25) is 0 Å². The maximum atomic E-state index is 10.7. The Hall–Kier alpha value is -1.11. The van der Waals surface area contributed by atoms with E-state index >= 15 is 0 Å². The summed E-state index contributed by atoms with van der Waals surface area (Å²) in [7, 11) is -3.50. The highest BCUT2D eigenvalue weighted by Gasteiger charge is 2.04. The molecule has 0 fully saturated rings. The van der Waals surface area contributed by atoms with Crippen LogP contribution >= 0.6 is 0 Å². The van der Waals surface area contributed by atoms with Gasteiger partial charge in [0.2, 0.25) is 10.0 Å². The molecule has 5 nitrogen and oxygen atoms in total. The van der Waals surface area contributed by atoms with Crippen LogP contribution in [0.15, 0.2) is 12.1 Å². The molecule has 0 saturated carbocycles. The monoisotopic (exact) mass is 244 g/mol. The van der Waals surface area contributed by atoms with Crippen LogP contribution in [-0.2, 0) is 16.6 Å². The van der Waals surface area contributed by atoms with Gasteiger partial charge in [0.25, 0.3) is 0 Å². The molecule has 0 spiro atoms. The van der Waals surface area contributed by atoms with Crippen LogP contribution < -0.4 is 9.88 Å². The summed E-state index contributed by atoms with van der Waals surface area (Å²) in [5, 5.41) is 13.8. The van der Waals surface area contributed by atoms with Gasteiger partial charge in [0.1, 0.15) is 12.4 Å². The highest BCUT2D eigenvalue weighted by molar-refractivity contribution is 7.89. The van der Waals surface area contributed by atoms with Crippen molar-refractivity contribution in [3.63, 3.8) is 0 Å².